The van der Waals surface area contributed by atoms with E-state index in [0.717, 1.165) is 11.1 Å². The summed E-state index contributed by atoms with van der Waals surface area (Å²) in [6.45, 7) is 10.6. The number of carbonyl (C=O) groups is 1. The third-order valence-electron chi connectivity index (χ3n) is 3.93. The number of hydrogen-bond acceptors (Lipinski definition) is 4. The number of carbonyl (C=O) groups excluding carboxylic acids is 1. The molecule has 1 aromatic carbocycles. The van der Waals surface area contributed by atoms with Gasteiger partial charge in [-0.25, -0.2) is 9.69 Å². The highest BCUT2D eigenvalue weighted by Crippen LogP contribution is 2.27. The van der Waals surface area contributed by atoms with Gasteiger partial charge in [0, 0.05) is 5.57 Å². The van der Waals surface area contributed by atoms with Crippen LogP contribution in [0.3, 0.4) is 0 Å². The van der Waals surface area contributed by atoms with Crippen LogP contribution in [0.1, 0.15) is 26.3 Å². The van der Waals surface area contributed by atoms with Gasteiger partial charge >= 0.3 is 6.09 Å². The molecule has 0 N–H and O–H groups in total. The van der Waals surface area contributed by atoms with E-state index in [9.17, 15) is 4.79 Å². The van der Waals surface area contributed by atoms with E-state index in [-0.39, 0.29) is 18.8 Å². The van der Waals surface area contributed by atoms with Crippen molar-refractivity contribution >= 4 is 6.09 Å². The van der Waals surface area contributed by atoms with Crippen molar-refractivity contribution in [3.8, 4) is 0 Å². The number of rotatable bonds is 8. The Labute approximate surface area is 143 Å². The summed E-state index contributed by atoms with van der Waals surface area (Å²) in [5.74, 6) is 0.692. The first kappa shape index (κ1) is 18.1. The fourth-order valence-corrected chi connectivity index (χ4v) is 2.45. The average Bonchev–Trinajstić information content (AvgIpc) is 2.97. The van der Waals surface area contributed by atoms with Crippen molar-refractivity contribution in [1.82, 2.24) is 4.90 Å². The van der Waals surface area contributed by atoms with Crippen LogP contribution in [0.5, 0.6) is 0 Å². The predicted octanol–water partition coefficient (Wildman–Crippen LogP) is 4.07. The molecule has 2 rings (SSSR count). The van der Waals surface area contributed by atoms with Crippen LogP contribution in [0, 0.1) is 5.92 Å². The summed E-state index contributed by atoms with van der Waals surface area (Å²) in [7, 11) is 0. The molecule has 1 fully saturated rings. The van der Waals surface area contributed by atoms with Crippen molar-refractivity contribution in [2.45, 2.75) is 33.4 Å². The number of cyclic esters (lactones) is 1. The molecular formula is C19H25NO4. The van der Waals surface area contributed by atoms with E-state index in [2.05, 4.69) is 6.58 Å². The highest BCUT2D eigenvalue weighted by molar-refractivity contribution is 5.72. The minimum atomic E-state index is -0.395. The summed E-state index contributed by atoms with van der Waals surface area (Å²) in [4.78, 5) is 13.7. The highest BCUT2D eigenvalue weighted by Gasteiger charge is 2.39. The number of hydrogen-bond donors (Lipinski definition) is 0. The van der Waals surface area contributed by atoms with Crippen molar-refractivity contribution in [2.24, 2.45) is 5.92 Å². The number of ether oxygens (including phenoxy) is 3. The van der Waals surface area contributed by atoms with Crippen LogP contribution in [0.15, 0.2) is 54.4 Å². The Hall–Kier alpha value is -2.27. The van der Waals surface area contributed by atoms with E-state index in [4.69, 9.17) is 14.2 Å². The Morgan fingerprint density at radius 3 is 2.75 bits per heavy atom. The predicted molar refractivity (Wildman–Crippen MR) is 91.9 cm³/mol. The van der Waals surface area contributed by atoms with E-state index in [1.807, 2.05) is 51.1 Å². The Bertz CT molecular complexity index is 595. The topological polar surface area (TPSA) is 48.0 Å². The van der Waals surface area contributed by atoms with E-state index in [1.165, 1.54) is 0 Å². The first-order valence-corrected chi connectivity index (χ1v) is 8.08. The molecule has 1 amide bonds. The number of allylic oxidation sites excluding steroid dienone is 2. The minimum absolute atomic E-state index is 0.0456. The molecule has 0 saturated carbocycles. The van der Waals surface area contributed by atoms with Crippen LogP contribution < -0.4 is 0 Å². The van der Waals surface area contributed by atoms with Gasteiger partial charge in [0.1, 0.15) is 6.61 Å². The zero-order valence-electron chi connectivity index (χ0n) is 14.5. The number of benzene rings is 1. The summed E-state index contributed by atoms with van der Waals surface area (Å²) in [5.41, 5.74) is 1.83. The molecule has 0 aliphatic carbocycles. The van der Waals surface area contributed by atoms with Crippen LogP contribution in [0.4, 0.5) is 4.79 Å². The summed E-state index contributed by atoms with van der Waals surface area (Å²) >= 11 is 0. The largest absolute Gasteiger partial charge is 0.452 e. The molecule has 0 radical (unpaired) electrons. The van der Waals surface area contributed by atoms with Gasteiger partial charge in [0.15, 0.2) is 6.79 Å². The van der Waals surface area contributed by atoms with Gasteiger partial charge in [-0.05, 0) is 18.4 Å². The Kier molecular flexibility index (Phi) is 6.44. The molecule has 1 aliphatic rings. The molecule has 1 aliphatic heterocycles. The highest BCUT2D eigenvalue weighted by atomic mass is 16.7. The maximum atomic E-state index is 12.1. The molecule has 0 spiro atoms. The van der Waals surface area contributed by atoms with E-state index in [0.29, 0.717) is 19.1 Å². The molecule has 130 valence electrons. The Morgan fingerprint density at radius 2 is 2.12 bits per heavy atom. The first-order valence-electron chi connectivity index (χ1n) is 8.08. The van der Waals surface area contributed by atoms with Gasteiger partial charge in [0.05, 0.1) is 12.6 Å². The van der Waals surface area contributed by atoms with Crippen LogP contribution in [-0.4, -0.2) is 30.4 Å². The molecular weight excluding hydrogens is 306 g/mol. The fourth-order valence-electron chi connectivity index (χ4n) is 2.45. The normalized spacial score (nSPS) is 18.4. The number of amides is 1. The zero-order valence-corrected chi connectivity index (χ0v) is 14.5. The summed E-state index contributed by atoms with van der Waals surface area (Å²) in [6.07, 6.45) is 1.27. The van der Waals surface area contributed by atoms with E-state index < -0.39 is 6.09 Å². The van der Waals surface area contributed by atoms with Crippen LogP contribution in [-0.2, 0) is 20.8 Å². The molecule has 0 aromatic heterocycles. The third-order valence-corrected chi connectivity index (χ3v) is 3.93. The lowest BCUT2D eigenvalue weighted by atomic mass is 10.0. The Morgan fingerprint density at radius 1 is 1.42 bits per heavy atom. The molecule has 1 saturated heterocycles. The van der Waals surface area contributed by atoms with Crippen molar-refractivity contribution in [3.63, 3.8) is 0 Å². The minimum Gasteiger partial charge on any atom is -0.452 e. The SMILES string of the molecule is C=C/C(C)=C(/OCOCc1ccccc1)N1C(=O)OC[C@@H]1C(C)C. The second-order valence-corrected chi connectivity index (χ2v) is 6.05. The zero-order chi connectivity index (χ0) is 17.5. The van der Waals surface area contributed by atoms with E-state index in [1.54, 1.807) is 11.0 Å². The third kappa shape index (κ3) is 4.38. The molecule has 1 heterocycles. The van der Waals surface area contributed by atoms with Crippen LogP contribution >= 0.6 is 0 Å². The lowest BCUT2D eigenvalue weighted by molar-refractivity contribution is -0.0537. The lowest BCUT2D eigenvalue weighted by Crippen LogP contribution is -2.38. The van der Waals surface area contributed by atoms with Gasteiger partial charge < -0.3 is 14.2 Å². The standard InChI is InChI=1S/C19H25NO4/c1-5-15(4)18(20-17(14(2)3)12-23-19(20)21)24-13-22-11-16-9-7-6-8-10-16/h5-10,14,17H,1,11-13H2,2-4H3/b18-15+/t17-/m1/s1. The first-order chi connectivity index (χ1) is 11.5. The van der Waals surface area contributed by atoms with Gasteiger partial charge in [-0.2, -0.15) is 0 Å². The van der Waals surface area contributed by atoms with Crippen molar-refractivity contribution in [1.29, 1.82) is 0 Å². The lowest BCUT2D eigenvalue weighted by Gasteiger charge is -2.27. The number of nitrogens with zero attached hydrogens (tertiary/aromatic N) is 1. The van der Waals surface area contributed by atoms with Gasteiger partial charge in [-0.15, -0.1) is 0 Å². The van der Waals surface area contributed by atoms with Crippen LogP contribution in [0.25, 0.3) is 0 Å². The molecule has 0 unspecified atom stereocenters. The van der Waals surface area contributed by atoms with Gasteiger partial charge in [0.25, 0.3) is 0 Å². The summed E-state index contributed by atoms with van der Waals surface area (Å²) in [5, 5.41) is 0. The van der Waals surface area contributed by atoms with Crippen molar-refractivity contribution in [2.75, 3.05) is 13.4 Å². The molecule has 0 bridgehead atoms. The monoisotopic (exact) mass is 331 g/mol. The quantitative estimate of drug-likeness (QED) is 0.312. The van der Waals surface area contributed by atoms with Crippen LogP contribution in [0.2, 0.25) is 0 Å². The summed E-state index contributed by atoms with van der Waals surface area (Å²) in [6, 6.07) is 9.78. The van der Waals surface area contributed by atoms with Gasteiger partial charge in [-0.3, -0.25) is 0 Å². The van der Waals surface area contributed by atoms with Gasteiger partial charge in [0.2, 0.25) is 5.88 Å². The van der Waals surface area contributed by atoms with Gasteiger partial charge in [-0.1, -0.05) is 56.8 Å². The maximum Gasteiger partial charge on any atom is 0.417 e. The molecule has 5 heteroatoms. The van der Waals surface area contributed by atoms with Crippen molar-refractivity contribution in [3.05, 3.63) is 60.0 Å². The summed E-state index contributed by atoms with van der Waals surface area (Å²) < 4.78 is 16.5. The smallest absolute Gasteiger partial charge is 0.417 e. The molecule has 5 nitrogen and oxygen atoms in total. The fraction of sp³-hybridized carbons (Fsp3) is 0.421. The van der Waals surface area contributed by atoms with E-state index >= 15 is 0 Å². The second-order valence-electron chi connectivity index (χ2n) is 6.05. The van der Waals surface area contributed by atoms with Crippen molar-refractivity contribution < 1.29 is 19.0 Å². The second kappa shape index (κ2) is 8.55. The average molecular weight is 331 g/mol. The maximum absolute atomic E-state index is 12.1. The molecule has 1 atom stereocenters. The Balaban J connectivity index is 2.01. The molecule has 1 aromatic rings. The molecule has 24 heavy (non-hydrogen) atoms.